The summed E-state index contributed by atoms with van der Waals surface area (Å²) in [6.45, 7) is 1.27. The monoisotopic (exact) mass is 367 g/mol. The number of imide groups is 1. The Kier molecular flexibility index (Phi) is 4.45. The highest BCUT2D eigenvalue weighted by Crippen LogP contribution is 2.42. The van der Waals surface area contributed by atoms with E-state index in [1.807, 2.05) is 0 Å². The Morgan fingerprint density at radius 3 is 2.72 bits per heavy atom. The predicted octanol–water partition coefficient (Wildman–Crippen LogP) is 2.16. The molecule has 1 aromatic carbocycles. The Labute approximate surface area is 149 Å². The third kappa shape index (κ3) is 3.20. The Balaban J connectivity index is 1.67. The molecule has 2 fully saturated rings. The van der Waals surface area contributed by atoms with Gasteiger partial charge in [-0.25, -0.2) is 9.18 Å². The number of hydrogen-bond acceptors (Lipinski definition) is 3. The summed E-state index contributed by atoms with van der Waals surface area (Å²) in [6, 6.07) is 3.72. The van der Waals surface area contributed by atoms with Crippen molar-refractivity contribution < 1.29 is 18.8 Å². The molecule has 1 saturated heterocycles. The molecule has 0 bridgehead atoms. The average molecular weight is 368 g/mol. The van der Waals surface area contributed by atoms with E-state index in [4.69, 9.17) is 11.6 Å². The van der Waals surface area contributed by atoms with Gasteiger partial charge in [0.25, 0.3) is 5.91 Å². The van der Waals surface area contributed by atoms with Crippen LogP contribution in [0.1, 0.15) is 25.3 Å². The van der Waals surface area contributed by atoms with Crippen LogP contribution in [0.25, 0.3) is 0 Å². The fourth-order valence-corrected chi connectivity index (χ4v) is 3.28. The molecule has 8 heteroatoms. The number of amides is 4. The molecule has 0 spiro atoms. The molecule has 3 rings (SSSR count). The molecule has 1 aromatic rings. The van der Waals surface area contributed by atoms with Crippen molar-refractivity contribution in [3.05, 3.63) is 34.6 Å². The molecular formula is C17H19ClFN3O3. The first-order valence-electron chi connectivity index (χ1n) is 8.05. The van der Waals surface area contributed by atoms with Gasteiger partial charge in [0.2, 0.25) is 5.91 Å². The lowest BCUT2D eigenvalue weighted by molar-refractivity contribution is -0.138. The molecule has 1 N–H and O–H groups in total. The zero-order valence-electron chi connectivity index (χ0n) is 14.0. The lowest BCUT2D eigenvalue weighted by Gasteiger charge is -2.23. The van der Waals surface area contributed by atoms with Gasteiger partial charge in [0.1, 0.15) is 17.9 Å². The van der Waals surface area contributed by atoms with Gasteiger partial charge in [-0.05, 0) is 37.8 Å². The highest BCUT2D eigenvalue weighted by molar-refractivity contribution is 6.31. The maximum atomic E-state index is 13.8. The third-order valence-electron chi connectivity index (χ3n) is 4.87. The van der Waals surface area contributed by atoms with E-state index < -0.39 is 23.3 Å². The predicted molar refractivity (Wildman–Crippen MR) is 89.3 cm³/mol. The van der Waals surface area contributed by atoms with Gasteiger partial charge >= 0.3 is 6.03 Å². The number of benzene rings is 1. The molecule has 4 amide bonds. The van der Waals surface area contributed by atoms with Crippen LogP contribution in [0.4, 0.5) is 9.18 Å². The number of likely N-dealkylation sites (N-methyl/N-ethyl adjacent to an activating group) is 1. The lowest BCUT2D eigenvalue weighted by Crippen LogP contribution is -2.47. The van der Waals surface area contributed by atoms with Gasteiger partial charge in [-0.3, -0.25) is 14.5 Å². The number of nitrogens with zero attached hydrogens (tertiary/aromatic N) is 2. The van der Waals surface area contributed by atoms with Crippen LogP contribution in [0.3, 0.4) is 0 Å². The molecular weight excluding hydrogens is 349 g/mol. The summed E-state index contributed by atoms with van der Waals surface area (Å²) in [5.74, 6) is -1.24. The smallest absolute Gasteiger partial charge is 0.325 e. The molecule has 1 atom stereocenters. The summed E-state index contributed by atoms with van der Waals surface area (Å²) >= 11 is 5.97. The number of nitrogens with one attached hydrogen (secondary N) is 1. The van der Waals surface area contributed by atoms with Crippen LogP contribution in [-0.4, -0.2) is 46.8 Å². The van der Waals surface area contributed by atoms with Gasteiger partial charge in [0.05, 0.1) is 0 Å². The summed E-state index contributed by atoms with van der Waals surface area (Å²) in [5.41, 5.74) is -0.731. The zero-order valence-corrected chi connectivity index (χ0v) is 14.8. The normalized spacial score (nSPS) is 23.0. The summed E-state index contributed by atoms with van der Waals surface area (Å²) < 4.78 is 13.8. The number of carbonyl (C=O) groups excluding carboxylic acids is 3. The van der Waals surface area contributed by atoms with E-state index in [0.29, 0.717) is 0 Å². The van der Waals surface area contributed by atoms with Gasteiger partial charge in [-0.15, -0.1) is 0 Å². The first-order valence-corrected chi connectivity index (χ1v) is 8.43. The van der Waals surface area contributed by atoms with Crippen molar-refractivity contribution in [2.45, 2.75) is 31.8 Å². The molecule has 1 aliphatic heterocycles. The fourth-order valence-electron chi connectivity index (χ4n) is 3.06. The van der Waals surface area contributed by atoms with Gasteiger partial charge < -0.3 is 10.2 Å². The molecule has 25 heavy (non-hydrogen) atoms. The molecule has 134 valence electrons. The Bertz CT molecular complexity index is 732. The molecule has 6 nitrogen and oxygen atoms in total. The van der Waals surface area contributed by atoms with Gasteiger partial charge in [-0.2, -0.15) is 0 Å². The van der Waals surface area contributed by atoms with Crippen molar-refractivity contribution in [2.75, 3.05) is 13.6 Å². The third-order valence-corrected chi connectivity index (χ3v) is 5.23. The summed E-state index contributed by atoms with van der Waals surface area (Å²) in [6.07, 6.45) is 1.77. The second-order valence-corrected chi connectivity index (χ2v) is 7.16. The SMILES string of the molecule is CN(Cc1c(F)cccc1Cl)C(=O)CN1C(=O)NC(C)(C2CC2)C1=O. The van der Waals surface area contributed by atoms with E-state index in [0.717, 1.165) is 17.7 Å². The van der Waals surface area contributed by atoms with E-state index in [9.17, 15) is 18.8 Å². The topological polar surface area (TPSA) is 69.7 Å². The number of halogens is 2. The van der Waals surface area contributed by atoms with Crippen molar-refractivity contribution in [1.82, 2.24) is 15.1 Å². The van der Waals surface area contributed by atoms with Crippen LogP contribution < -0.4 is 5.32 Å². The largest absolute Gasteiger partial charge is 0.340 e. The molecule has 2 aliphatic rings. The van der Waals surface area contributed by atoms with Crippen molar-refractivity contribution >= 4 is 29.4 Å². The van der Waals surface area contributed by atoms with E-state index in [1.54, 1.807) is 6.92 Å². The minimum Gasteiger partial charge on any atom is -0.340 e. The van der Waals surface area contributed by atoms with Crippen LogP contribution in [0.15, 0.2) is 18.2 Å². The first kappa shape index (κ1) is 17.7. The number of rotatable bonds is 5. The highest BCUT2D eigenvalue weighted by atomic mass is 35.5. The minimum absolute atomic E-state index is 0.0477. The van der Waals surface area contributed by atoms with Gasteiger partial charge in [0.15, 0.2) is 0 Å². The van der Waals surface area contributed by atoms with Crippen LogP contribution in [0.5, 0.6) is 0 Å². The number of hydrogen-bond donors (Lipinski definition) is 1. The fraction of sp³-hybridized carbons (Fsp3) is 0.471. The van der Waals surface area contributed by atoms with Crippen molar-refractivity contribution in [2.24, 2.45) is 5.92 Å². The number of carbonyl (C=O) groups is 3. The van der Waals surface area contributed by atoms with Gasteiger partial charge in [0, 0.05) is 24.2 Å². The van der Waals surface area contributed by atoms with Gasteiger partial charge in [-0.1, -0.05) is 17.7 Å². The minimum atomic E-state index is -0.926. The van der Waals surface area contributed by atoms with Crippen LogP contribution >= 0.6 is 11.6 Å². The summed E-state index contributed by atoms with van der Waals surface area (Å²) in [7, 11) is 1.48. The van der Waals surface area contributed by atoms with E-state index in [1.165, 1.54) is 30.1 Å². The maximum absolute atomic E-state index is 13.8. The highest BCUT2D eigenvalue weighted by Gasteiger charge is 2.56. The lowest BCUT2D eigenvalue weighted by atomic mass is 9.96. The summed E-state index contributed by atoms with van der Waals surface area (Å²) in [5, 5.41) is 2.91. The van der Waals surface area contributed by atoms with Crippen LogP contribution in [-0.2, 0) is 16.1 Å². The van der Waals surface area contributed by atoms with Crippen LogP contribution in [0.2, 0.25) is 5.02 Å². The molecule has 1 saturated carbocycles. The standard InChI is InChI=1S/C17H19ClFN3O3/c1-17(10-6-7-10)15(24)22(16(25)20-17)9-14(23)21(2)8-11-12(18)4-3-5-13(11)19/h3-5,10H,6-9H2,1-2H3,(H,20,25). The Hall–Kier alpha value is -2.15. The Morgan fingerprint density at radius 2 is 2.12 bits per heavy atom. The second-order valence-electron chi connectivity index (χ2n) is 6.75. The average Bonchev–Trinajstić information content (AvgIpc) is 3.37. The molecule has 1 aliphatic carbocycles. The van der Waals surface area contributed by atoms with E-state index in [-0.39, 0.29) is 35.5 Å². The molecule has 0 radical (unpaired) electrons. The maximum Gasteiger partial charge on any atom is 0.325 e. The van der Waals surface area contributed by atoms with E-state index in [2.05, 4.69) is 5.32 Å². The van der Waals surface area contributed by atoms with Crippen molar-refractivity contribution in [1.29, 1.82) is 0 Å². The summed E-state index contributed by atoms with van der Waals surface area (Å²) in [4.78, 5) is 39.2. The quantitative estimate of drug-likeness (QED) is 0.811. The molecule has 0 aromatic heterocycles. The van der Waals surface area contributed by atoms with Crippen molar-refractivity contribution in [3.8, 4) is 0 Å². The van der Waals surface area contributed by atoms with E-state index >= 15 is 0 Å². The zero-order chi connectivity index (χ0) is 18.4. The first-order chi connectivity index (χ1) is 11.7. The van der Waals surface area contributed by atoms with Crippen LogP contribution in [0, 0.1) is 11.7 Å². The Morgan fingerprint density at radius 1 is 1.44 bits per heavy atom. The molecule has 1 heterocycles. The van der Waals surface area contributed by atoms with Crippen molar-refractivity contribution in [3.63, 3.8) is 0 Å². The number of urea groups is 1. The second kappa shape index (κ2) is 6.29. The molecule has 1 unspecified atom stereocenters.